The molecule has 0 aromatic heterocycles. The molecule has 0 spiro atoms. The quantitative estimate of drug-likeness (QED) is 0.216. The van der Waals surface area contributed by atoms with Gasteiger partial charge in [-0.05, 0) is 62.7 Å². The van der Waals surface area contributed by atoms with Gasteiger partial charge in [-0.2, -0.15) is 35.3 Å². The van der Waals surface area contributed by atoms with Gasteiger partial charge in [-0.3, -0.25) is 4.79 Å². The van der Waals surface area contributed by atoms with E-state index in [0.717, 1.165) is 73.0 Å². The van der Waals surface area contributed by atoms with E-state index in [9.17, 15) is 4.79 Å². The van der Waals surface area contributed by atoms with Crippen molar-refractivity contribution in [3.05, 3.63) is 0 Å². The van der Waals surface area contributed by atoms with Crippen LogP contribution in [-0.2, 0) is 4.79 Å². The van der Waals surface area contributed by atoms with Crippen LogP contribution in [-0.4, -0.2) is 82.1 Å². The molecule has 5 nitrogen and oxygen atoms in total. The molecule has 0 aromatic carbocycles. The van der Waals surface area contributed by atoms with Crippen molar-refractivity contribution < 1.29 is 20.1 Å². The number of carbonyl (C=O) groups is 1. The standard InChI is InChI=1S/C19H39NO4S3/c1-2-20-18(24)19(6-3-12-25-15-9-21,7-4-13-26-16-10-22)8-5-14-27-17-11-23/h21-23H,2-17H2,1H3,(H,20,24). The van der Waals surface area contributed by atoms with Gasteiger partial charge in [0, 0.05) is 29.2 Å². The third kappa shape index (κ3) is 14.1. The highest BCUT2D eigenvalue weighted by molar-refractivity contribution is 7.99. The molecule has 0 fully saturated rings. The predicted molar refractivity (Wildman–Crippen MR) is 122 cm³/mol. The summed E-state index contributed by atoms with van der Waals surface area (Å²) in [6.45, 7) is 3.23. The second-order valence-corrected chi connectivity index (χ2v) is 10.1. The van der Waals surface area contributed by atoms with Gasteiger partial charge in [0.15, 0.2) is 0 Å². The second kappa shape index (κ2) is 19.7. The summed E-state index contributed by atoms with van der Waals surface area (Å²) in [4.78, 5) is 13.0. The smallest absolute Gasteiger partial charge is 0.226 e. The van der Waals surface area contributed by atoms with Crippen LogP contribution in [0.1, 0.15) is 45.4 Å². The molecule has 0 aromatic rings. The van der Waals surface area contributed by atoms with Crippen LogP contribution in [0.2, 0.25) is 0 Å². The van der Waals surface area contributed by atoms with Crippen molar-refractivity contribution in [2.45, 2.75) is 45.4 Å². The van der Waals surface area contributed by atoms with Gasteiger partial charge in [0.2, 0.25) is 5.91 Å². The van der Waals surface area contributed by atoms with E-state index in [2.05, 4.69) is 5.32 Å². The third-order valence-electron chi connectivity index (χ3n) is 4.36. The molecule has 0 heterocycles. The number of aliphatic hydroxyl groups excluding tert-OH is 3. The molecule has 0 atom stereocenters. The molecule has 0 aliphatic rings. The van der Waals surface area contributed by atoms with E-state index < -0.39 is 0 Å². The van der Waals surface area contributed by atoms with Crippen LogP contribution in [0.5, 0.6) is 0 Å². The molecule has 0 saturated heterocycles. The van der Waals surface area contributed by atoms with E-state index in [1.807, 2.05) is 6.92 Å². The first-order valence-electron chi connectivity index (χ1n) is 10.0. The van der Waals surface area contributed by atoms with Crippen molar-refractivity contribution in [3.63, 3.8) is 0 Å². The minimum Gasteiger partial charge on any atom is -0.396 e. The maximum Gasteiger partial charge on any atom is 0.226 e. The fraction of sp³-hybridized carbons (Fsp3) is 0.947. The van der Waals surface area contributed by atoms with Crippen LogP contribution < -0.4 is 5.32 Å². The number of carbonyl (C=O) groups excluding carboxylic acids is 1. The minimum absolute atomic E-state index is 0.177. The summed E-state index contributed by atoms with van der Waals surface area (Å²) in [5, 5.41) is 29.9. The lowest BCUT2D eigenvalue weighted by Crippen LogP contribution is -2.41. The van der Waals surface area contributed by atoms with Crippen LogP contribution in [0, 0.1) is 5.41 Å². The molecule has 27 heavy (non-hydrogen) atoms. The van der Waals surface area contributed by atoms with Crippen molar-refractivity contribution in [1.82, 2.24) is 5.32 Å². The van der Waals surface area contributed by atoms with Gasteiger partial charge in [-0.25, -0.2) is 0 Å². The van der Waals surface area contributed by atoms with Crippen molar-refractivity contribution in [3.8, 4) is 0 Å². The Balaban J connectivity index is 4.80. The zero-order chi connectivity index (χ0) is 20.2. The van der Waals surface area contributed by atoms with Crippen LogP contribution in [0.25, 0.3) is 0 Å². The number of hydrogen-bond acceptors (Lipinski definition) is 7. The molecule has 162 valence electrons. The van der Waals surface area contributed by atoms with Crippen molar-refractivity contribution in [2.75, 3.05) is 60.9 Å². The Morgan fingerprint density at radius 3 is 1.41 bits per heavy atom. The predicted octanol–water partition coefficient (Wildman–Crippen LogP) is 2.63. The van der Waals surface area contributed by atoms with Gasteiger partial charge < -0.3 is 20.6 Å². The first kappa shape index (κ1) is 27.4. The van der Waals surface area contributed by atoms with Crippen molar-refractivity contribution >= 4 is 41.2 Å². The summed E-state index contributed by atoms with van der Waals surface area (Å²) < 4.78 is 0. The van der Waals surface area contributed by atoms with Gasteiger partial charge in [-0.1, -0.05) is 0 Å². The molecular weight excluding hydrogens is 402 g/mol. The topological polar surface area (TPSA) is 89.8 Å². The SMILES string of the molecule is CCNC(=O)C(CCCSCCO)(CCCSCCO)CCCSCCO. The zero-order valence-corrected chi connectivity index (χ0v) is 19.2. The summed E-state index contributed by atoms with van der Waals surface area (Å²) >= 11 is 5.23. The molecule has 0 bridgehead atoms. The van der Waals surface area contributed by atoms with Gasteiger partial charge in [-0.15, -0.1) is 0 Å². The fourth-order valence-corrected chi connectivity index (χ4v) is 5.15. The van der Waals surface area contributed by atoms with Gasteiger partial charge in [0.1, 0.15) is 0 Å². The summed E-state index contributed by atoms with van der Waals surface area (Å²) in [7, 11) is 0. The Kier molecular flexibility index (Phi) is 20.0. The van der Waals surface area contributed by atoms with E-state index in [0.29, 0.717) is 6.54 Å². The highest BCUT2D eigenvalue weighted by Crippen LogP contribution is 2.37. The molecule has 0 aliphatic heterocycles. The summed E-state index contributed by atoms with van der Waals surface area (Å²) in [5.41, 5.74) is -0.324. The number of rotatable bonds is 20. The molecule has 4 N–H and O–H groups in total. The maximum atomic E-state index is 13.0. The Morgan fingerprint density at radius 2 is 1.11 bits per heavy atom. The van der Waals surface area contributed by atoms with Crippen molar-refractivity contribution in [2.24, 2.45) is 5.41 Å². The average Bonchev–Trinajstić information content (AvgIpc) is 2.67. The number of nitrogens with one attached hydrogen (secondary N) is 1. The van der Waals surface area contributed by atoms with E-state index >= 15 is 0 Å². The number of thioether (sulfide) groups is 3. The highest BCUT2D eigenvalue weighted by Gasteiger charge is 2.36. The molecule has 0 rings (SSSR count). The molecule has 0 saturated carbocycles. The molecular formula is C19H39NO4S3. The summed E-state index contributed by atoms with van der Waals surface area (Å²) in [6, 6.07) is 0. The third-order valence-corrected chi connectivity index (χ3v) is 7.50. The highest BCUT2D eigenvalue weighted by atomic mass is 32.2. The molecule has 8 heteroatoms. The lowest BCUT2D eigenvalue weighted by Gasteiger charge is -2.33. The van der Waals surface area contributed by atoms with E-state index in [1.165, 1.54) is 0 Å². The Bertz CT molecular complexity index is 313. The van der Waals surface area contributed by atoms with E-state index in [1.54, 1.807) is 35.3 Å². The lowest BCUT2D eigenvalue weighted by atomic mass is 9.74. The van der Waals surface area contributed by atoms with Gasteiger partial charge in [0.05, 0.1) is 19.8 Å². The van der Waals surface area contributed by atoms with Crippen LogP contribution in [0.4, 0.5) is 0 Å². The monoisotopic (exact) mass is 441 g/mol. The summed E-state index contributed by atoms with van der Waals surface area (Å²) in [6.07, 6.45) is 5.59. The Hall–Kier alpha value is 0.400. The molecule has 0 unspecified atom stereocenters. The average molecular weight is 442 g/mol. The fourth-order valence-electron chi connectivity index (χ4n) is 3.10. The first-order chi connectivity index (χ1) is 13.2. The maximum absolute atomic E-state index is 13.0. The zero-order valence-electron chi connectivity index (χ0n) is 16.8. The number of hydrogen-bond donors (Lipinski definition) is 4. The number of aliphatic hydroxyl groups is 3. The number of amides is 1. The van der Waals surface area contributed by atoms with Gasteiger partial charge >= 0.3 is 0 Å². The van der Waals surface area contributed by atoms with Crippen LogP contribution in [0.15, 0.2) is 0 Å². The Labute approximate surface area is 178 Å². The van der Waals surface area contributed by atoms with Crippen LogP contribution >= 0.6 is 35.3 Å². The first-order valence-corrected chi connectivity index (χ1v) is 13.5. The van der Waals surface area contributed by atoms with Crippen molar-refractivity contribution in [1.29, 1.82) is 0 Å². The largest absolute Gasteiger partial charge is 0.396 e. The second-order valence-electron chi connectivity index (χ2n) is 6.46. The lowest BCUT2D eigenvalue weighted by molar-refractivity contribution is -0.132. The molecule has 0 radical (unpaired) electrons. The normalized spacial score (nSPS) is 11.7. The van der Waals surface area contributed by atoms with E-state index in [-0.39, 0.29) is 31.1 Å². The van der Waals surface area contributed by atoms with E-state index in [4.69, 9.17) is 15.3 Å². The molecule has 0 aliphatic carbocycles. The van der Waals surface area contributed by atoms with Gasteiger partial charge in [0.25, 0.3) is 0 Å². The summed E-state index contributed by atoms with van der Waals surface area (Å²) in [5.74, 6) is 5.36. The minimum atomic E-state index is -0.324. The Morgan fingerprint density at radius 1 is 0.741 bits per heavy atom. The molecule has 1 amide bonds. The van der Waals surface area contributed by atoms with Crippen LogP contribution in [0.3, 0.4) is 0 Å².